The fourth-order valence-corrected chi connectivity index (χ4v) is 4.49. The number of benzene rings is 2. The highest BCUT2D eigenvalue weighted by Gasteiger charge is 2.30. The summed E-state index contributed by atoms with van der Waals surface area (Å²) in [4.78, 5) is 31.1. The number of fused-ring (bicyclic) bond motifs is 1. The highest BCUT2D eigenvalue weighted by molar-refractivity contribution is 7.14. The van der Waals surface area contributed by atoms with E-state index in [0.717, 1.165) is 48.2 Å². The van der Waals surface area contributed by atoms with Crippen molar-refractivity contribution in [1.29, 1.82) is 0 Å². The van der Waals surface area contributed by atoms with Gasteiger partial charge in [0, 0.05) is 29.1 Å². The summed E-state index contributed by atoms with van der Waals surface area (Å²) in [6.07, 6.45) is 3.57. The van der Waals surface area contributed by atoms with Gasteiger partial charge in [-0.25, -0.2) is 9.37 Å². The average Bonchev–Trinajstić information content (AvgIpc) is 3.52. The first-order chi connectivity index (χ1) is 14.6. The minimum absolute atomic E-state index is 0.0450. The van der Waals surface area contributed by atoms with Crippen LogP contribution in [-0.2, 0) is 11.2 Å². The number of aromatic nitrogens is 1. The largest absolute Gasteiger partial charge is 0.308 e. The van der Waals surface area contributed by atoms with Gasteiger partial charge < -0.3 is 10.2 Å². The second-order valence-corrected chi connectivity index (χ2v) is 8.54. The van der Waals surface area contributed by atoms with Crippen molar-refractivity contribution in [1.82, 2.24) is 4.98 Å². The van der Waals surface area contributed by atoms with E-state index in [1.165, 1.54) is 23.5 Å². The Kier molecular flexibility index (Phi) is 4.83. The molecule has 0 spiro atoms. The Morgan fingerprint density at radius 1 is 1.17 bits per heavy atom. The highest BCUT2D eigenvalue weighted by atomic mass is 32.1. The molecule has 0 radical (unpaired) electrons. The zero-order valence-corrected chi connectivity index (χ0v) is 17.0. The molecule has 7 heteroatoms. The summed E-state index contributed by atoms with van der Waals surface area (Å²) in [5, 5.41) is 5.42. The number of aryl methyl sites for hydroxylation is 1. The normalized spacial score (nSPS) is 15.6. The number of hydrogen-bond acceptors (Lipinski definition) is 4. The molecule has 1 aromatic heterocycles. The molecule has 0 unspecified atom stereocenters. The second-order valence-electron chi connectivity index (χ2n) is 7.69. The van der Waals surface area contributed by atoms with Gasteiger partial charge >= 0.3 is 0 Å². The second kappa shape index (κ2) is 7.65. The minimum Gasteiger partial charge on any atom is -0.308 e. The van der Waals surface area contributed by atoms with Crippen molar-refractivity contribution in [2.75, 3.05) is 16.8 Å². The lowest BCUT2D eigenvalue weighted by atomic mass is 9.97. The summed E-state index contributed by atoms with van der Waals surface area (Å²) in [6, 6.07) is 12.0. The molecule has 1 N–H and O–H groups in total. The number of rotatable bonds is 4. The minimum atomic E-state index is -0.505. The van der Waals surface area contributed by atoms with Gasteiger partial charge in [0.05, 0.1) is 11.3 Å². The average molecular weight is 421 g/mol. The molecular formula is C23H20FN3O2S. The summed E-state index contributed by atoms with van der Waals surface area (Å²) < 4.78 is 14.1. The molecule has 0 atom stereocenters. The van der Waals surface area contributed by atoms with Gasteiger partial charge in [0.2, 0.25) is 5.91 Å². The van der Waals surface area contributed by atoms with Gasteiger partial charge in [0.25, 0.3) is 5.91 Å². The molecule has 3 aromatic rings. The fraction of sp³-hybridized carbons (Fsp3) is 0.261. The molecule has 0 saturated heterocycles. The predicted molar refractivity (Wildman–Crippen MR) is 115 cm³/mol. The lowest BCUT2D eigenvalue weighted by Crippen LogP contribution is -2.36. The first kappa shape index (κ1) is 18.9. The van der Waals surface area contributed by atoms with Gasteiger partial charge in [0.15, 0.2) is 5.13 Å². The molecule has 1 aliphatic heterocycles. The molecule has 152 valence electrons. The van der Waals surface area contributed by atoms with Crippen LogP contribution in [0.4, 0.5) is 15.2 Å². The third kappa shape index (κ3) is 3.61. The molecule has 2 heterocycles. The maximum absolute atomic E-state index is 14.1. The molecule has 1 aliphatic carbocycles. The lowest BCUT2D eigenvalue weighted by molar-refractivity contribution is -0.117. The topological polar surface area (TPSA) is 62.3 Å². The summed E-state index contributed by atoms with van der Waals surface area (Å²) >= 11 is 1.41. The SMILES string of the molecule is O=C(Nc1nc(-c2ccc3c(c2)CCCN3C(=O)c2ccccc2F)cs1)C1CC1. The molecule has 2 amide bonds. The van der Waals surface area contributed by atoms with Gasteiger partial charge in [-0.1, -0.05) is 18.2 Å². The maximum Gasteiger partial charge on any atom is 0.261 e. The number of nitrogens with zero attached hydrogens (tertiary/aromatic N) is 2. The van der Waals surface area contributed by atoms with E-state index in [0.29, 0.717) is 11.7 Å². The van der Waals surface area contributed by atoms with Crippen LogP contribution in [-0.4, -0.2) is 23.3 Å². The van der Waals surface area contributed by atoms with Crippen molar-refractivity contribution in [3.63, 3.8) is 0 Å². The van der Waals surface area contributed by atoms with Crippen molar-refractivity contribution >= 4 is 34.0 Å². The zero-order valence-electron chi connectivity index (χ0n) is 16.2. The lowest BCUT2D eigenvalue weighted by Gasteiger charge is -2.30. The Balaban J connectivity index is 1.40. The van der Waals surface area contributed by atoms with Gasteiger partial charge in [-0.2, -0.15) is 0 Å². The van der Waals surface area contributed by atoms with Crippen LogP contribution in [0.5, 0.6) is 0 Å². The maximum atomic E-state index is 14.1. The van der Waals surface area contributed by atoms with Crippen LogP contribution in [0, 0.1) is 11.7 Å². The number of carbonyl (C=O) groups excluding carboxylic acids is 2. The van der Waals surface area contributed by atoms with E-state index in [-0.39, 0.29) is 23.3 Å². The molecular weight excluding hydrogens is 401 g/mol. The van der Waals surface area contributed by atoms with E-state index in [1.807, 2.05) is 23.6 Å². The van der Waals surface area contributed by atoms with Crippen LogP contribution in [0.1, 0.15) is 35.2 Å². The summed E-state index contributed by atoms with van der Waals surface area (Å²) in [6.45, 7) is 0.563. The number of carbonyl (C=O) groups is 2. The quantitative estimate of drug-likeness (QED) is 0.652. The van der Waals surface area contributed by atoms with E-state index in [9.17, 15) is 14.0 Å². The standard InChI is InChI=1S/C23H20FN3O2S/c24-18-6-2-1-5-17(18)22(29)27-11-3-4-16-12-15(9-10-20(16)27)19-13-30-23(25-19)26-21(28)14-7-8-14/h1-2,5-6,9-10,12-14H,3-4,7-8,11H2,(H,25,26,28). The first-order valence-corrected chi connectivity index (χ1v) is 10.9. The van der Waals surface area contributed by atoms with Gasteiger partial charge in [-0.15, -0.1) is 11.3 Å². The predicted octanol–water partition coefficient (Wildman–Crippen LogP) is 4.89. The Hall–Kier alpha value is -3.06. The van der Waals surface area contributed by atoms with Crippen LogP contribution in [0.25, 0.3) is 11.3 Å². The number of thiazole rings is 1. The molecule has 5 rings (SSSR count). The summed E-state index contributed by atoms with van der Waals surface area (Å²) in [5.41, 5.74) is 3.68. The van der Waals surface area contributed by atoms with Crippen LogP contribution in [0.15, 0.2) is 47.8 Å². The molecule has 2 aliphatic rings. The number of hydrogen-bond donors (Lipinski definition) is 1. The van der Waals surface area contributed by atoms with Crippen LogP contribution < -0.4 is 10.2 Å². The Labute approximate surface area is 177 Å². The Morgan fingerprint density at radius 3 is 2.80 bits per heavy atom. The smallest absolute Gasteiger partial charge is 0.261 e. The zero-order chi connectivity index (χ0) is 20.7. The highest BCUT2D eigenvalue weighted by Crippen LogP contribution is 2.35. The molecule has 1 fully saturated rings. The van der Waals surface area contributed by atoms with E-state index >= 15 is 0 Å². The van der Waals surface area contributed by atoms with E-state index in [1.54, 1.807) is 17.0 Å². The summed E-state index contributed by atoms with van der Waals surface area (Å²) in [5.74, 6) is -0.641. The Bertz CT molecular complexity index is 1140. The van der Waals surface area contributed by atoms with Crippen LogP contribution in [0.3, 0.4) is 0 Å². The van der Waals surface area contributed by atoms with Crippen molar-refractivity contribution in [3.05, 3.63) is 64.8 Å². The molecule has 5 nitrogen and oxygen atoms in total. The van der Waals surface area contributed by atoms with Crippen molar-refractivity contribution < 1.29 is 14.0 Å². The molecule has 1 saturated carbocycles. The third-order valence-corrected chi connectivity index (χ3v) is 6.28. The number of nitrogens with one attached hydrogen (secondary N) is 1. The molecule has 0 bridgehead atoms. The number of halogens is 1. The van der Waals surface area contributed by atoms with Crippen molar-refractivity contribution in [3.8, 4) is 11.3 Å². The van der Waals surface area contributed by atoms with Crippen LogP contribution >= 0.6 is 11.3 Å². The fourth-order valence-electron chi connectivity index (χ4n) is 3.76. The Morgan fingerprint density at radius 2 is 2.00 bits per heavy atom. The van der Waals surface area contributed by atoms with E-state index in [2.05, 4.69) is 10.3 Å². The molecule has 30 heavy (non-hydrogen) atoms. The van der Waals surface area contributed by atoms with Crippen molar-refractivity contribution in [2.24, 2.45) is 5.92 Å². The van der Waals surface area contributed by atoms with Crippen molar-refractivity contribution in [2.45, 2.75) is 25.7 Å². The van der Waals surface area contributed by atoms with Gasteiger partial charge in [0.1, 0.15) is 5.82 Å². The summed E-state index contributed by atoms with van der Waals surface area (Å²) in [7, 11) is 0. The number of anilines is 2. The van der Waals surface area contributed by atoms with E-state index in [4.69, 9.17) is 0 Å². The van der Waals surface area contributed by atoms with Crippen LogP contribution in [0.2, 0.25) is 0 Å². The van der Waals surface area contributed by atoms with Gasteiger partial charge in [-0.05, 0) is 55.5 Å². The van der Waals surface area contributed by atoms with E-state index < -0.39 is 5.82 Å². The number of amides is 2. The van der Waals surface area contributed by atoms with Gasteiger partial charge in [-0.3, -0.25) is 9.59 Å². The third-order valence-electron chi connectivity index (χ3n) is 5.53. The first-order valence-electron chi connectivity index (χ1n) is 10.1. The monoisotopic (exact) mass is 421 g/mol. The molecule has 2 aromatic carbocycles.